The summed E-state index contributed by atoms with van der Waals surface area (Å²) in [5.74, 6) is 1.51. The maximum absolute atomic E-state index is 10.4. The van der Waals surface area contributed by atoms with Crippen LogP contribution in [0.5, 0.6) is 11.5 Å². The Bertz CT molecular complexity index is 842. The number of fused-ring (bicyclic) bond motifs is 1. The van der Waals surface area contributed by atoms with Gasteiger partial charge in [-0.05, 0) is 36.8 Å². The Morgan fingerprint density at radius 1 is 1.13 bits per heavy atom. The number of piperazine rings is 1. The predicted molar refractivity (Wildman–Crippen MR) is 118 cm³/mol. The average Bonchev–Trinajstić information content (AvgIpc) is 2.76. The van der Waals surface area contributed by atoms with E-state index in [2.05, 4.69) is 22.8 Å². The number of aliphatic hydroxyl groups is 1. The first-order valence-electron chi connectivity index (χ1n) is 10.5. The first kappa shape index (κ1) is 21.2. The molecule has 1 N–H and O–H groups in total. The van der Waals surface area contributed by atoms with Gasteiger partial charge in [-0.15, -0.1) is 0 Å². The van der Waals surface area contributed by atoms with E-state index in [1.54, 1.807) is 0 Å². The maximum Gasteiger partial charge on any atom is 0.161 e. The number of aliphatic hydroxyl groups excluding tert-OH is 1. The molecule has 0 aliphatic carbocycles. The molecule has 2 aromatic rings. The van der Waals surface area contributed by atoms with E-state index in [0.717, 1.165) is 42.7 Å². The van der Waals surface area contributed by atoms with Crippen molar-refractivity contribution in [1.82, 2.24) is 4.90 Å². The molecular weight excluding hydrogens is 404 g/mol. The average molecular weight is 433 g/mol. The van der Waals surface area contributed by atoms with Crippen LogP contribution in [0.15, 0.2) is 42.5 Å². The molecule has 0 saturated carbocycles. The van der Waals surface area contributed by atoms with E-state index < -0.39 is 6.10 Å². The number of hydrogen-bond donors (Lipinski definition) is 1. The van der Waals surface area contributed by atoms with Gasteiger partial charge in [0.1, 0.15) is 6.61 Å². The Morgan fingerprint density at radius 2 is 1.90 bits per heavy atom. The molecule has 0 aromatic heterocycles. The zero-order chi connectivity index (χ0) is 20.9. The van der Waals surface area contributed by atoms with Crippen molar-refractivity contribution in [2.24, 2.45) is 0 Å². The summed E-state index contributed by atoms with van der Waals surface area (Å²) < 4.78 is 17.3. The predicted octanol–water partition coefficient (Wildman–Crippen LogP) is 2.99. The summed E-state index contributed by atoms with van der Waals surface area (Å²) in [6.45, 7) is 7.49. The highest BCUT2D eigenvalue weighted by Gasteiger charge is 2.23. The minimum absolute atomic E-state index is 0.156. The number of halogens is 1. The second-order valence-electron chi connectivity index (χ2n) is 7.91. The molecule has 2 aromatic carbocycles. The summed E-state index contributed by atoms with van der Waals surface area (Å²) in [7, 11) is 0. The fourth-order valence-corrected chi connectivity index (χ4v) is 4.09. The van der Waals surface area contributed by atoms with Crippen molar-refractivity contribution in [2.45, 2.75) is 19.1 Å². The second kappa shape index (κ2) is 9.88. The molecule has 0 radical (unpaired) electrons. The Kier molecular flexibility index (Phi) is 7.00. The normalized spacial score (nSPS) is 20.2. The summed E-state index contributed by atoms with van der Waals surface area (Å²) in [5.41, 5.74) is 2.43. The van der Waals surface area contributed by atoms with E-state index in [1.807, 2.05) is 36.4 Å². The number of para-hydroxylation sites is 2. The summed E-state index contributed by atoms with van der Waals surface area (Å²) in [5, 5.41) is 11.1. The smallest absolute Gasteiger partial charge is 0.161 e. The quantitative estimate of drug-likeness (QED) is 0.726. The summed E-state index contributed by atoms with van der Waals surface area (Å²) in [4.78, 5) is 4.64. The first-order chi connectivity index (χ1) is 14.6. The van der Waals surface area contributed by atoms with E-state index in [1.165, 1.54) is 11.3 Å². The molecule has 162 valence electrons. The van der Waals surface area contributed by atoms with Crippen molar-refractivity contribution < 1.29 is 19.3 Å². The monoisotopic (exact) mass is 432 g/mol. The number of rotatable bonds is 7. The SMILES string of the molecule is Cc1ccc(Cl)cc1N1CCN(C[C@@H](O)COC[C@@H]2COc3ccccc3O2)CC1. The first-order valence-corrected chi connectivity index (χ1v) is 10.8. The van der Waals surface area contributed by atoms with Crippen LogP contribution in [-0.2, 0) is 4.74 Å². The van der Waals surface area contributed by atoms with Crippen molar-refractivity contribution in [1.29, 1.82) is 0 Å². The number of β-amino-alcohol motifs (C(OH)–C–C–N with tert-alkyl or cyclic N) is 1. The Morgan fingerprint density at radius 3 is 2.70 bits per heavy atom. The van der Waals surface area contributed by atoms with Gasteiger partial charge in [-0.25, -0.2) is 0 Å². The lowest BCUT2D eigenvalue weighted by Crippen LogP contribution is -2.49. The summed E-state index contributed by atoms with van der Waals surface area (Å²) >= 11 is 6.16. The van der Waals surface area contributed by atoms with Gasteiger partial charge in [-0.1, -0.05) is 29.8 Å². The molecule has 6 nitrogen and oxygen atoms in total. The van der Waals surface area contributed by atoms with Crippen LogP contribution in [0, 0.1) is 6.92 Å². The molecular formula is C23H29ClN2O4. The Labute approximate surface area is 182 Å². The molecule has 0 amide bonds. The fraction of sp³-hybridized carbons (Fsp3) is 0.478. The van der Waals surface area contributed by atoms with Crippen molar-refractivity contribution in [3.63, 3.8) is 0 Å². The van der Waals surface area contributed by atoms with Crippen LogP contribution >= 0.6 is 11.6 Å². The standard InChI is InChI=1S/C23H29ClN2O4/c1-17-6-7-18(24)12-21(17)26-10-8-25(9-11-26)13-19(27)14-28-15-20-16-29-22-4-2-3-5-23(22)30-20/h2-7,12,19-20,27H,8-11,13-16H2,1H3/t19-,20-/m1/s1. The molecule has 2 aliphatic heterocycles. The van der Waals surface area contributed by atoms with Gasteiger partial charge < -0.3 is 24.2 Å². The van der Waals surface area contributed by atoms with E-state index in [-0.39, 0.29) is 12.7 Å². The van der Waals surface area contributed by atoms with Crippen molar-refractivity contribution >= 4 is 17.3 Å². The van der Waals surface area contributed by atoms with Gasteiger partial charge in [0.15, 0.2) is 17.6 Å². The third-order valence-electron chi connectivity index (χ3n) is 5.53. The molecule has 0 bridgehead atoms. The largest absolute Gasteiger partial charge is 0.486 e. The lowest BCUT2D eigenvalue weighted by molar-refractivity contribution is -0.0292. The highest BCUT2D eigenvalue weighted by Crippen LogP contribution is 2.31. The molecule has 2 aliphatic rings. The molecule has 7 heteroatoms. The van der Waals surface area contributed by atoms with Crippen molar-refractivity contribution in [3.8, 4) is 11.5 Å². The van der Waals surface area contributed by atoms with Crippen LogP contribution in [0.4, 0.5) is 5.69 Å². The molecule has 1 fully saturated rings. The van der Waals surface area contributed by atoms with Gasteiger partial charge >= 0.3 is 0 Å². The topological polar surface area (TPSA) is 54.4 Å². The van der Waals surface area contributed by atoms with Gasteiger partial charge in [-0.2, -0.15) is 0 Å². The lowest BCUT2D eigenvalue weighted by Gasteiger charge is -2.37. The highest BCUT2D eigenvalue weighted by molar-refractivity contribution is 6.30. The van der Waals surface area contributed by atoms with E-state index in [9.17, 15) is 5.11 Å². The van der Waals surface area contributed by atoms with Gasteiger partial charge in [0.05, 0.1) is 19.3 Å². The van der Waals surface area contributed by atoms with Crippen LogP contribution < -0.4 is 14.4 Å². The molecule has 30 heavy (non-hydrogen) atoms. The van der Waals surface area contributed by atoms with Crippen LogP contribution in [0.1, 0.15) is 5.56 Å². The summed E-state index contributed by atoms with van der Waals surface area (Å²) in [6.07, 6.45) is -0.683. The van der Waals surface area contributed by atoms with E-state index in [0.29, 0.717) is 19.8 Å². The van der Waals surface area contributed by atoms with Gasteiger partial charge in [0.2, 0.25) is 0 Å². The van der Waals surface area contributed by atoms with E-state index >= 15 is 0 Å². The van der Waals surface area contributed by atoms with Gasteiger partial charge in [-0.3, -0.25) is 4.90 Å². The minimum atomic E-state index is -0.527. The van der Waals surface area contributed by atoms with Gasteiger partial charge in [0.25, 0.3) is 0 Å². The molecule has 1 saturated heterocycles. The zero-order valence-corrected chi connectivity index (χ0v) is 18.1. The minimum Gasteiger partial charge on any atom is -0.486 e. The second-order valence-corrected chi connectivity index (χ2v) is 8.34. The zero-order valence-electron chi connectivity index (χ0n) is 17.3. The molecule has 2 heterocycles. The Balaban J connectivity index is 1.16. The van der Waals surface area contributed by atoms with E-state index in [4.69, 9.17) is 25.8 Å². The van der Waals surface area contributed by atoms with Gasteiger partial charge in [0, 0.05) is 43.4 Å². The molecule has 0 unspecified atom stereocenters. The van der Waals surface area contributed by atoms with Crippen molar-refractivity contribution in [3.05, 3.63) is 53.1 Å². The molecule has 2 atom stereocenters. The number of aryl methyl sites for hydroxylation is 1. The lowest BCUT2D eigenvalue weighted by atomic mass is 10.1. The van der Waals surface area contributed by atoms with Crippen LogP contribution in [0.3, 0.4) is 0 Å². The number of anilines is 1. The number of benzene rings is 2. The number of nitrogens with zero attached hydrogens (tertiary/aromatic N) is 2. The number of hydrogen-bond acceptors (Lipinski definition) is 6. The fourth-order valence-electron chi connectivity index (χ4n) is 3.93. The third-order valence-corrected chi connectivity index (χ3v) is 5.77. The molecule has 0 spiro atoms. The third kappa shape index (κ3) is 5.38. The Hall–Kier alpha value is -1.99. The van der Waals surface area contributed by atoms with Crippen LogP contribution in [0.2, 0.25) is 5.02 Å². The van der Waals surface area contributed by atoms with Crippen molar-refractivity contribution in [2.75, 3.05) is 57.4 Å². The molecule has 4 rings (SSSR count). The highest BCUT2D eigenvalue weighted by atomic mass is 35.5. The maximum atomic E-state index is 10.4. The number of ether oxygens (including phenoxy) is 3. The van der Waals surface area contributed by atoms with Crippen LogP contribution in [-0.4, -0.2) is 74.8 Å². The summed E-state index contributed by atoms with van der Waals surface area (Å²) in [6, 6.07) is 13.6. The van der Waals surface area contributed by atoms with Crippen LogP contribution in [0.25, 0.3) is 0 Å².